The fourth-order valence-corrected chi connectivity index (χ4v) is 2.12. The van der Waals surface area contributed by atoms with Gasteiger partial charge in [-0.05, 0) is 18.2 Å². The number of nitrogens with one attached hydrogen (secondary N) is 2. The van der Waals surface area contributed by atoms with Crippen LogP contribution < -0.4 is 10.9 Å². The Morgan fingerprint density at radius 1 is 1.27 bits per heavy atom. The lowest BCUT2D eigenvalue weighted by Crippen LogP contribution is -2.41. The number of carbonyl (C=O) groups excluding carboxylic acids is 3. The zero-order valence-electron chi connectivity index (χ0n) is 10.8. The van der Waals surface area contributed by atoms with E-state index in [4.69, 9.17) is 23.2 Å². The van der Waals surface area contributed by atoms with Crippen LogP contribution in [-0.4, -0.2) is 41.8 Å². The third-order valence-corrected chi connectivity index (χ3v) is 3.02. The molecule has 0 bridgehead atoms. The Bertz CT molecular complexity index is 603. The lowest BCUT2D eigenvalue weighted by Gasteiger charge is -2.12. The molecule has 0 unspecified atom stereocenters. The number of hydrogen-bond donors (Lipinski definition) is 3. The molecule has 1 heterocycles. The summed E-state index contributed by atoms with van der Waals surface area (Å²) in [7, 11) is 0. The van der Waals surface area contributed by atoms with Crippen LogP contribution in [0.25, 0.3) is 0 Å². The molecule has 1 aromatic carbocycles. The lowest BCUT2D eigenvalue weighted by atomic mass is 10.2. The van der Waals surface area contributed by atoms with E-state index < -0.39 is 30.1 Å². The lowest BCUT2D eigenvalue weighted by molar-refractivity contribution is -0.167. The van der Waals surface area contributed by atoms with Gasteiger partial charge in [-0.3, -0.25) is 15.6 Å². The molecule has 0 aliphatic carbocycles. The Kier molecular flexibility index (Phi) is 5.07. The van der Waals surface area contributed by atoms with Crippen molar-refractivity contribution in [2.24, 2.45) is 0 Å². The van der Waals surface area contributed by atoms with Crippen LogP contribution in [0.2, 0.25) is 10.0 Å². The van der Waals surface area contributed by atoms with Gasteiger partial charge in [-0.25, -0.2) is 9.59 Å². The molecule has 1 fully saturated rings. The standard InChI is InChI=1S/C12H10Cl2N2O6/c13-5-1-6(14)3-7(2-5)15-16-10(18)12(20)22-9-8(17)4-21-11(9)19/h1-3,8-9,15,17H,4H2,(H,16,18)/t8-,9+/m0/s1. The van der Waals surface area contributed by atoms with Gasteiger partial charge >= 0.3 is 17.8 Å². The van der Waals surface area contributed by atoms with Crippen molar-refractivity contribution in [2.45, 2.75) is 12.2 Å². The summed E-state index contributed by atoms with van der Waals surface area (Å²) in [5, 5.41) is 10.0. The van der Waals surface area contributed by atoms with E-state index in [9.17, 15) is 19.5 Å². The number of anilines is 1. The number of carbonyl (C=O) groups is 3. The van der Waals surface area contributed by atoms with Crippen molar-refractivity contribution >= 4 is 46.7 Å². The minimum Gasteiger partial charge on any atom is -0.460 e. The highest BCUT2D eigenvalue weighted by Crippen LogP contribution is 2.21. The molecule has 1 amide bonds. The van der Waals surface area contributed by atoms with Crippen molar-refractivity contribution in [3.63, 3.8) is 0 Å². The summed E-state index contributed by atoms with van der Waals surface area (Å²) >= 11 is 11.5. The first-order valence-corrected chi connectivity index (χ1v) is 6.70. The zero-order valence-corrected chi connectivity index (χ0v) is 12.4. The van der Waals surface area contributed by atoms with E-state index in [2.05, 4.69) is 14.9 Å². The minimum absolute atomic E-state index is 0.294. The Balaban J connectivity index is 1.89. The fraction of sp³-hybridized carbons (Fsp3) is 0.250. The SMILES string of the molecule is O=C(NNc1cc(Cl)cc(Cl)c1)C(=O)O[C@H]1C(=O)OC[C@@H]1O. The first-order chi connectivity index (χ1) is 10.4. The van der Waals surface area contributed by atoms with E-state index in [-0.39, 0.29) is 6.61 Å². The van der Waals surface area contributed by atoms with Gasteiger partial charge in [0.1, 0.15) is 12.7 Å². The number of hydrogen-bond acceptors (Lipinski definition) is 7. The normalized spacial score (nSPS) is 20.2. The topological polar surface area (TPSA) is 114 Å². The Labute approximate surface area is 134 Å². The maximum absolute atomic E-state index is 11.5. The van der Waals surface area contributed by atoms with Crippen molar-refractivity contribution in [1.29, 1.82) is 0 Å². The molecule has 10 heteroatoms. The molecule has 8 nitrogen and oxygen atoms in total. The van der Waals surface area contributed by atoms with Gasteiger partial charge in [-0.1, -0.05) is 23.2 Å². The smallest absolute Gasteiger partial charge is 0.399 e. The van der Waals surface area contributed by atoms with Gasteiger partial charge in [-0.2, -0.15) is 0 Å². The summed E-state index contributed by atoms with van der Waals surface area (Å²) in [5.74, 6) is -3.45. The van der Waals surface area contributed by atoms with Gasteiger partial charge in [0, 0.05) is 10.0 Å². The molecular weight excluding hydrogens is 339 g/mol. The molecule has 0 spiro atoms. The van der Waals surface area contributed by atoms with Crippen LogP contribution in [0.4, 0.5) is 5.69 Å². The van der Waals surface area contributed by atoms with Crippen molar-refractivity contribution in [3.05, 3.63) is 28.2 Å². The number of halogens is 2. The highest BCUT2D eigenvalue weighted by Gasteiger charge is 2.40. The fourth-order valence-electron chi connectivity index (χ4n) is 1.60. The summed E-state index contributed by atoms with van der Waals surface area (Å²) in [6.07, 6.45) is -2.82. The molecule has 1 aromatic rings. The van der Waals surface area contributed by atoms with Gasteiger partial charge in [0.15, 0.2) is 0 Å². The van der Waals surface area contributed by atoms with E-state index in [0.29, 0.717) is 15.7 Å². The second-order valence-corrected chi connectivity index (χ2v) is 5.13. The van der Waals surface area contributed by atoms with Crippen LogP contribution in [0.15, 0.2) is 18.2 Å². The maximum Gasteiger partial charge on any atom is 0.399 e. The van der Waals surface area contributed by atoms with Crippen LogP contribution in [0, 0.1) is 0 Å². The van der Waals surface area contributed by atoms with E-state index >= 15 is 0 Å². The molecular formula is C12H10Cl2N2O6. The predicted molar refractivity (Wildman–Crippen MR) is 75.1 cm³/mol. The number of aliphatic hydroxyl groups excluding tert-OH is 1. The van der Waals surface area contributed by atoms with Gasteiger partial charge in [0.2, 0.25) is 6.10 Å². The second kappa shape index (κ2) is 6.82. The number of benzene rings is 1. The summed E-state index contributed by atoms with van der Waals surface area (Å²) in [4.78, 5) is 34.2. The molecule has 2 atom stereocenters. The number of esters is 2. The van der Waals surface area contributed by atoms with Gasteiger partial charge in [0.05, 0.1) is 5.69 Å². The third kappa shape index (κ3) is 4.00. The van der Waals surface area contributed by atoms with Crippen LogP contribution in [0.1, 0.15) is 0 Å². The average molecular weight is 349 g/mol. The molecule has 1 saturated heterocycles. The van der Waals surface area contributed by atoms with Crippen LogP contribution >= 0.6 is 23.2 Å². The van der Waals surface area contributed by atoms with Crippen LogP contribution in [-0.2, 0) is 23.9 Å². The van der Waals surface area contributed by atoms with Crippen LogP contribution in [0.5, 0.6) is 0 Å². The Morgan fingerprint density at radius 3 is 2.45 bits per heavy atom. The van der Waals surface area contributed by atoms with Gasteiger partial charge in [0.25, 0.3) is 0 Å². The highest BCUT2D eigenvalue weighted by molar-refractivity contribution is 6.35. The molecule has 1 aliphatic heterocycles. The van der Waals surface area contributed by atoms with Crippen molar-refractivity contribution in [2.75, 3.05) is 12.0 Å². The monoisotopic (exact) mass is 348 g/mol. The molecule has 1 aliphatic rings. The van der Waals surface area contributed by atoms with E-state index in [1.54, 1.807) is 0 Å². The molecule has 118 valence electrons. The molecule has 2 rings (SSSR count). The molecule has 3 N–H and O–H groups in total. The Morgan fingerprint density at radius 2 is 1.91 bits per heavy atom. The molecule has 0 radical (unpaired) electrons. The van der Waals surface area contributed by atoms with Crippen molar-refractivity contribution in [1.82, 2.24) is 5.43 Å². The van der Waals surface area contributed by atoms with E-state index in [0.717, 1.165) is 0 Å². The summed E-state index contributed by atoms with van der Waals surface area (Å²) in [6.45, 7) is -0.294. The van der Waals surface area contributed by atoms with E-state index in [1.165, 1.54) is 18.2 Å². The largest absolute Gasteiger partial charge is 0.460 e. The first-order valence-electron chi connectivity index (χ1n) is 5.94. The minimum atomic E-state index is -1.51. The summed E-state index contributed by atoms with van der Waals surface area (Å²) in [6, 6.07) is 4.39. The zero-order chi connectivity index (χ0) is 16.3. The number of aliphatic hydroxyl groups is 1. The van der Waals surface area contributed by atoms with Gasteiger partial charge < -0.3 is 14.6 Å². The third-order valence-electron chi connectivity index (χ3n) is 2.58. The highest BCUT2D eigenvalue weighted by atomic mass is 35.5. The van der Waals surface area contributed by atoms with E-state index in [1.807, 2.05) is 5.43 Å². The second-order valence-electron chi connectivity index (χ2n) is 4.26. The van der Waals surface area contributed by atoms with Crippen molar-refractivity contribution in [3.8, 4) is 0 Å². The summed E-state index contributed by atoms with van der Waals surface area (Å²) < 4.78 is 9.04. The first kappa shape index (κ1) is 16.3. The van der Waals surface area contributed by atoms with Crippen molar-refractivity contribution < 1.29 is 29.0 Å². The predicted octanol–water partition coefficient (Wildman–Crippen LogP) is 0.266. The number of rotatable bonds is 3. The Hall–Kier alpha value is -2.03. The number of cyclic esters (lactones) is 1. The molecule has 0 aromatic heterocycles. The number of hydrazine groups is 1. The maximum atomic E-state index is 11.5. The summed E-state index contributed by atoms with van der Waals surface area (Å²) in [5.41, 5.74) is 4.78. The molecule has 0 saturated carbocycles. The number of amides is 1. The van der Waals surface area contributed by atoms with Gasteiger partial charge in [-0.15, -0.1) is 0 Å². The van der Waals surface area contributed by atoms with Crippen LogP contribution in [0.3, 0.4) is 0 Å². The quantitative estimate of drug-likeness (QED) is 0.408. The number of ether oxygens (including phenoxy) is 2. The molecule has 22 heavy (non-hydrogen) atoms. The average Bonchev–Trinajstić information content (AvgIpc) is 2.75.